The van der Waals surface area contributed by atoms with Crippen molar-refractivity contribution in [2.45, 2.75) is 26.3 Å². The van der Waals surface area contributed by atoms with Crippen LogP contribution >= 0.6 is 22.9 Å². The minimum Gasteiger partial charge on any atom is -0.477 e. The van der Waals surface area contributed by atoms with E-state index in [1.165, 1.54) is 4.57 Å². The second-order valence-electron chi connectivity index (χ2n) is 6.05. The number of carbonyl (C=O) groups excluding carboxylic acids is 1. The number of carboxylic acids is 1. The number of aryl methyl sites for hydroxylation is 1. The smallest absolute Gasteiger partial charge is 0.346 e. The zero-order valence-corrected chi connectivity index (χ0v) is 15.9. The van der Waals surface area contributed by atoms with Crippen molar-refractivity contribution < 1.29 is 14.7 Å². The minimum atomic E-state index is -1.10. The van der Waals surface area contributed by atoms with Gasteiger partial charge in [-0.25, -0.2) is 9.78 Å². The van der Waals surface area contributed by atoms with Gasteiger partial charge in [-0.1, -0.05) is 23.7 Å². The molecule has 0 aliphatic rings. The van der Waals surface area contributed by atoms with Crippen LogP contribution in [0.2, 0.25) is 5.02 Å². The molecule has 7 nitrogen and oxygen atoms in total. The van der Waals surface area contributed by atoms with Crippen molar-refractivity contribution in [3.8, 4) is 0 Å². The molecule has 0 fully saturated rings. The van der Waals surface area contributed by atoms with E-state index in [9.17, 15) is 19.5 Å². The first kappa shape index (κ1) is 19.1. The van der Waals surface area contributed by atoms with E-state index in [1.54, 1.807) is 25.1 Å². The maximum atomic E-state index is 13.0. The number of fused-ring (bicyclic) bond motifs is 1. The number of amides is 1. The molecule has 1 aromatic carbocycles. The fraction of sp³-hybridized carbons (Fsp3) is 0.222. The molecule has 27 heavy (non-hydrogen) atoms. The van der Waals surface area contributed by atoms with Crippen LogP contribution in [0.3, 0.4) is 0 Å². The Morgan fingerprint density at radius 2 is 2.11 bits per heavy atom. The van der Waals surface area contributed by atoms with E-state index in [-0.39, 0.29) is 28.8 Å². The SMILES string of the molecule is Cc1c(C(=O)O)sc2nc(Cc3cccc(Cl)c3)n(CCC(N)=O)c(=O)c12. The van der Waals surface area contributed by atoms with Crippen LogP contribution in [0.25, 0.3) is 10.2 Å². The van der Waals surface area contributed by atoms with E-state index in [1.807, 2.05) is 6.07 Å². The Kier molecular flexibility index (Phi) is 5.29. The van der Waals surface area contributed by atoms with Gasteiger partial charge in [0, 0.05) is 24.4 Å². The number of primary amides is 1. The maximum Gasteiger partial charge on any atom is 0.346 e. The summed E-state index contributed by atoms with van der Waals surface area (Å²) in [7, 11) is 0. The van der Waals surface area contributed by atoms with Crippen molar-refractivity contribution in [1.82, 2.24) is 9.55 Å². The predicted molar refractivity (Wildman–Crippen MR) is 104 cm³/mol. The first-order chi connectivity index (χ1) is 12.8. The Labute approximate surface area is 163 Å². The lowest BCUT2D eigenvalue weighted by Gasteiger charge is -2.12. The van der Waals surface area contributed by atoms with Crippen molar-refractivity contribution in [2.75, 3.05) is 0 Å². The van der Waals surface area contributed by atoms with Crippen LogP contribution < -0.4 is 11.3 Å². The van der Waals surface area contributed by atoms with Gasteiger partial charge in [-0.15, -0.1) is 11.3 Å². The maximum absolute atomic E-state index is 13.0. The van der Waals surface area contributed by atoms with E-state index in [0.29, 0.717) is 27.7 Å². The molecule has 0 bridgehead atoms. The quantitative estimate of drug-likeness (QED) is 0.654. The number of carboxylic acid groups (broad SMARTS) is 1. The fourth-order valence-electron chi connectivity index (χ4n) is 2.88. The van der Waals surface area contributed by atoms with E-state index >= 15 is 0 Å². The molecule has 0 saturated carbocycles. The predicted octanol–water partition coefficient (Wildman–Crippen LogP) is 2.58. The van der Waals surface area contributed by atoms with Crippen molar-refractivity contribution in [3.05, 3.63) is 61.5 Å². The molecule has 3 aromatic rings. The molecule has 140 valence electrons. The number of hydrogen-bond donors (Lipinski definition) is 2. The molecule has 0 radical (unpaired) electrons. The molecule has 3 rings (SSSR count). The van der Waals surface area contributed by atoms with Crippen molar-refractivity contribution >= 4 is 45.0 Å². The molecule has 0 saturated heterocycles. The molecule has 0 spiro atoms. The van der Waals surface area contributed by atoms with Gasteiger partial charge in [-0.2, -0.15) is 0 Å². The number of rotatable bonds is 6. The molecule has 9 heteroatoms. The second-order valence-corrected chi connectivity index (χ2v) is 7.48. The van der Waals surface area contributed by atoms with Gasteiger partial charge in [-0.3, -0.25) is 14.2 Å². The van der Waals surface area contributed by atoms with Gasteiger partial charge in [-0.05, 0) is 30.2 Å². The van der Waals surface area contributed by atoms with Crippen LogP contribution in [0.4, 0.5) is 0 Å². The molecule has 0 aliphatic heterocycles. The van der Waals surface area contributed by atoms with Crippen LogP contribution in [-0.4, -0.2) is 26.5 Å². The first-order valence-corrected chi connectivity index (χ1v) is 9.26. The first-order valence-electron chi connectivity index (χ1n) is 8.06. The van der Waals surface area contributed by atoms with Crippen LogP contribution in [0.1, 0.15) is 33.0 Å². The largest absolute Gasteiger partial charge is 0.477 e. The summed E-state index contributed by atoms with van der Waals surface area (Å²) in [4.78, 5) is 40.6. The summed E-state index contributed by atoms with van der Waals surface area (Å²) in [5.74, 6) is -1.21. The Hall–Kier alpha value is -2.71. The van der Waals surface area contributed by atoms with Crippen LogP contribution in [0.15, 0.2) is 29.1 Å². The third-order valence-corrected chi connectivity index (χ3v) is 5.57. The second kappa shape index (κ2) is 7.50. The third-order valence-electron chi connectivity index (χ3n) is 4.16. The number of carbonyl (C=O) groups is 2. The zero-order chi connectivity index (χ0) is 19.7. The molecule has 2 aromatic heterocycles. The standard InChI is InChI=1S/C18H16ClN3O4S/c1-9-14-16(27-15(9)18(25)26)21-13(8-10-3-2-4-11(19)7-10)22(17(14)24)6-5-12(20)23/h2-4,7H,5-6,8H2,1H3,(H2,20,23)(H,25,26). The topological polar surface area (TPSA) is 115 Å². The Balaban J connectivity index is 2.20. The number of benzene rings is 1. The summed E-state index contributed by atoms with van der Waals surface area (Å²) in [6.45, 7) is 1.66. The Morgan fingerprint density at radius 3 is 2.74 bits per heavy atom. The van der Waals surface area contributed by atoms with Gasteiger partial charge < -0.3 is 10.8 Å². The monoisotopic (exact) mass is 405 g/mol. The lowest BCUT2D eigenvalue weighted by atomic mass is 10.1. The van der Waals surface area contributed by atoms with Crippen LogP contribution in [0.5, 0.6) is 0 Å². The highest BCUT2D eigenvalue weighted by atomic mass is 35.5. The summed E-state index contributed by atoms with van der Waals surface area (Å²) >= 11 is 6.99. The van der Waals surface area contributed by atoms with E-state index in [0.717, 1.165) is 16.9 Å². The lowest BCUT2D eigenvalue weighted by molar-refractivity contribution is -0.118. The van der Waals surface area contributed by atoms with Gasteiger partial charge in [0.05, 0.1) is 5.39 Å². The average molecular weight is 406 g/mol. The number of halogens is 1. The van der Waals surface area contributed by atoms with E-state index in [2.05, 4.69) is 4.98 Å². The minimum absolute atomic E-state index is 0.0232. The lowest BCUT2D eigenvalue weighted by Crippen LogP contribution is -2.28. The normalized spacial score (nSPS) is 11.0. The molecule has 1 amide bonds. The zero-order valence-electron chi connectivity index (χ0n) is 14.4. The molecular weight excluding hydrogens is 390 g/mol. The number of thiophene rings is 1. The molecule has 3 N–H and O–H groups in total. The molecule has 2 heterocycles. The van der Waals surface area contributed by atoms with E-state index < -0.39 is 11.9 Å². The summed E-state index contributed by atoms with van der Waals surface area (Å²) in [6.07, 6.45) is 0.286. The molecule has 0 aliphatic carbocycles. The van der Waals surface area contributed by atoms with Crippen molar-refractivity contribution in [1.29, 1.82) is 0 Å². The summed E-state index contributed by atoms with van der Waals surface area (Å²) < 4.78 is 1.39. The third kappa shape index (κ3) is 3.86. The van der Waals surface area contributed by atoms with Gasteiger partial charge in [0.1, 0.15) is 15.5 Å². The van der Waals surface area contributed by atoms with Crippen molar-refractivity contribution in [3.63, 3.8) is 0 Å². The van der Waals surface area contributed by atoms with Crippen LogP contribution in [0, 0.1) is 6.92 Å². The Bertz CT molecular complexity index is 1120. The number of aromatic nitrogens is 2. The Morgan fingerprint density at radius 1 is 1.37 bits per heavy atom. The number of aromatic carboxylic acids is 1. The van der Waals surface area contributed by atoms with Crippen LogP contribution in [-0.2, 0) is 17.8 Å². The fourth-order valence-corrected chi connectivity index (χ4v) is 4.12. The van der Waals surface area contributed by atoms with Gasteiger partial charge in [0.2, 0.25) is 5.91 Å². The summed E-state index contributed by atoms with van der Waals surface area (Å²) in [5.41, 5.74) is 6.07. The number of hydrogen-bond acceptors (Lipinski definition) is 5. The highest BCUT2D eigenvalue weighted by molar-refractivity contribution is 7.20. The molecule has 0 atom stereocenters. The number of nitrogens with two attached hydrogens (primary N) is 1. The van der Waals surface area contributed by atoms with E-state index in [4.69, 9.17) is 17.3 Å². The van der Waals surface area contributed by atoms with Crippen molar-refractivity contribution in [2.24, 2.45) is 5.73 Å². The highest BCUT2D eigenvalue weighted by Gasteiger charge is 2.21. The van der Waals surface area contributed by atoms with Gasteiger partial charge >= 0.3 is 5.97 Å². The van der Waals surface area contributed by atoms with Gasteiger partial charge in [0.15, 0.2) is 0 Å². The molecular formula is C18H16ClN3O4S. The average Bonchev–Trinajstić information content (AvgIpc) is 2.91. The number of nitrogens with zero attached hydrogens (tertiary/aromatic N) is 2. The molecule has 0 unspecified atom stereocenters. The van der Waals surface area contributed by atoms with Gasteiger partial charge in [0.25, 0.3) is 5.56 Å². The highest BCUT2D eigenvalue weighted by Crippen LogP contribution is 2.28. The summed E-state index contributed by atoms with van der Waals surface area (Å²) in [6, 6.07) is 7.14. The summed E-state index contributed by atoms with van der Waals surface area (Å²) in [5, 5.41) is 10.2.